The highest BCUT2D eigenvalue weighted by molar-refractivity contribution is 5.87. The van der Waals surface area contributed by atoms with E-state index in [4.69, 9.17) is 58.8 Å². The standard InChI is InChI=1S/C74H109N7O24/c1-47(82)100-45-57-67(91)69(93)65(75)72(104-57)98-40-18-13-24-60(85)78-38-17-12-22-56(80-61(86)25-14-19-41-99-73-66(76)70(94)68(92)58(105-73)46-101-48(2)83)71(95)79-39-16-6-10-23-59(84)77-37-15-7-11-26-62(87)81-43-55(103-64(90)36-35-63(88)89)42-52(81)44-102-74(49-20-8-5-9-21-49,50-27-31-53(96-3)32-28-50)51-29-33-54(97-4)34-30-51/h5,8-9,20-21,27-34,52,55-58,65-70,72-73,91-94H,6-7,10-19,22-26,35-46,75-76H2,1-4H3,(H,77,84)(H,78,85)(H,79,95)(H,80,86)(H,88,89)/t52-,55+,56-,57?,58?,65?,66?,67?,68?,69?,70?,72?,73?/m0/s1. The number of esters is 3. The van der Waals surface area contributed by atoms with Crippen LogP contribution in [0.15, 0.2) is 78.9 Å². The molecule has 0 aliphatic carbocycles. The van der Waals surface area contributed by atoms with Crippen molar-refractivity contribution in [1.82, 2.24) is 26.2 Å². The highest BCUT2D eigenvalue weighted by atomic mass is 16.7. The molecule has 0 spiro atoms. The number of aliphatic hydroxyl groups is 4. The molecule has 105 heavy (non-hydrogen) atoms. The summed E-state index contributed by atoms with van der Waals surface area (Å²) in [5.41, 5.74) is 13.2. The van der Waals surface area contributed by atoms with Crippen LogP contribution in [0.3, 0.4) is 0 Å². The molecule has 5 amide bonds. The molecule has 3 aromatic rings. The Labute approximate surface area is 612 Å². The molecule has 3 fully saturated rings. The van der Waals surface area contributed by atoms with E-state index in [0.717, 1.165) is 16.7 Å². The van der Waals surface area contributed by atoms with Gasteiger partial charge in [-0.15, -0.1) is 0 Å². The molecule has 31 nitrogen and oxygen atoms in total. The first-order chi connectivity index (χ1) is 50.4. The van der Waals surface area contributed by atoms with Gasteiger partial charge in [0.05, 0.1) is 58.3 Å². The van der Waals surface area contributed by atoms with E-state index in [1.165, 1.54) is 13.8 Å². The predicted molar refractivity (Wildman–Crippen MR) is 377 cm³/mol. The maximum atomic E-state index is 14.2. The van der Waals surface area contributed by atoms with Gasteiger partial charge >= 0.3 is 23.9 Å². The lowest BCUT2D eigenvalue weighted by Gasteiger charge is -2.40. The molecule has 3 aliphatic rings. The first-order valence-electron chi connectivity index (χ1n) is 36.3. The minimum absolute atomic E-state index is 0.0295. The Morgan fingerprint density at radius 1 is 0.543 bits per heavy atom. The number of rotatable bonds is 47. The number of hydrogen-bond acceptors (Lipinski definition) is 25. The first-order valence-corrected chi connectivity index (χ1v) is 36.3. The summed E-state index contributed by atoms with van der Waals surface area (Å²) in [4.78, 5) is 115. The number of benzene rings is 3. The van der Waals surface area contributed by atoms with Gasteiger partial charge in [-0.1, -0.05) is 67.4 Å². The summed E-state index contributed by atoms with van der Waals surface area (Å²) in [7, 11) is 3.17. The van der Waals surface area contributed by atoms with Gasteiger partial charge in [-0.2, -0.15) is 0 Å². The molecule has 13 atom stereocenters. The maximum Gasteiger partial charge on any atom is 0.306 e. The van der Waals surface area contributed by atoms with Crippen LogP contribution >= 0.6 is 0 Å². The van der Waals surface area contributed by atoms with Crippen molar-refractivity contribution in [2.45, 2.75) is 227 Å². The van der Waals surface area contributed by atoms with Crippen LogP contribution in [0.25, 0.3) is 0 Å². The van der Waals surface area contributed by atoms with Crippen LogP contribution in [0.1, 0.15) is 159 Å². The van der Waals surface area contributed by atoms with Crippen LogP contribution < -0.4 is 42.2 Å². The van der Waals surface area contributed by atoms with Crippen LogP contribution in [-0.4, -0.2) is 237 Å². The monoisotopic (exact) mass is 1480 g/mol. The molecular formula is C74H109N7O24. The highest BCUT2D eigenvalue weighted by Gasteiger charge is 2.46. The van der Waals surface area contributed by atoms with E-state index in [1.54, 1.807) is 19.1 Å². The molecule has 0 bridgehead atoms. The normalized spacial score (nSPS) is 22.6. The number of carboxylic acid groups (broad SMARTS) is 1. The lowest BCUT2D eigenvalue weighted by atomic mass is 9.80. The molecule has 3 aliphatic heterocycles. The number of ether oxygens (including phenoxy) is 10. The Bertz CT molecular complexity index is 3120. The zero-order chi connectivity index (χ0) is 76.3. The molecule has 584 valence electrons. The third-order valence-corrected chi connectivity index (χ3v) is 18.4. The fourth-order valence-corrected chi connectivity index (χ4v) is 12.5. The van der Waals surface area contributed by atoms with E-state index >= 15 is 0 Å². The fraction of sp³-hybridized carbons (Fsp3) is 0.635. The molecule has 13 N–H and O–H groups in total. The quantitative estimate of drug-likeness (QED) is 0.0167. The number of nitrogens with zero attached hydrogens (tertiary/aromatic N) is 1. The van der Waals surface area contributed by atoms with E-state index in [-0.39, 0.29) is 109 Å². The fourth-order valence-electron chi connectivity index (χ4n) is 12.5. The SMILES string of the molecule is COc1ccc(C(OC[C@@H]2C[C@@H](OC(=O)CCC(=O)O)CN2C(=O)CCCCCNC(=O)CCCCCNC(=O)[C@H](CCCCNC(=O)CCCCOC2OC(COC(C)=O)C(O)C(O)C2N)NC(=O)CCCCOC2OC(COC(C)=O)C(O)C(O)C2N)(c2ccccc2)c2ccc(OC)cc2)cc1. The van der Waals surface area contributed by atoms with Gasteiger partial charge in [0, 0.05) is 78.8 Å². The van der Waals surface area contributed by atoms with Crippen molar-refractivity contribution in [3.63, 3.8) is 0 Å². The number of aliphatic hydroxyl groups excluding tert-OH is 4. The van der Waals surface area contributed by atoms with E-state index in [9.17, 15) is 68.7 Å². The third kappa shape index (κ3) is 28.4. The van der Waals surface area contributed by atoms with Crippen molar-refractivity contribution in [2.24, 2.45) is 11.5 Å². The second-order valence-corrected chi connectivity index (χ2v) is 26.4. The summed E-state index contributed by atoms with van der Waals surface area (Å²) in [6.45, 7) is 3.04. The van der Waals surface area contributed by atoms with E-state index in [1.807, 2.05) is 78.9 Å². The second-order valence-electron chi connectivity index (χ2n) is 26.4. The Hall–Kier alpha value is -7.95. The van der Waals surface area contributed by atoms with E-state index in [0.29, 0.717) is 102 Å². The predicted octanol–water partition coefficient (Wildman–Crippen LogP) is 2.56. The molecule has 3 heterocycles. The number of carbonyl (C=O) groups excluding carboxylic acids is 8. The van der Waals surface area contributed by atoms with Crippen molar-refractivity contribution in [1.29, 1.82) is 0 Å². The Morgan fingerprint density at radius 3 is 1.50 bits per heavy atom. The summed E-state index contributed by atoms with van der Waals surface area (Å²) in [6, 6.07) is 21.2. The molecule has 0 saturated carbocycles. The van der Waals surface area contributed by atoms with Gasteiger partial charge in [0.1, 0.15) is 79.1 Å². The van der Waals surface area contributed by atoms with Crippen LogP contribution in [0.5, 0.6) is 11.5 Å². The summed E-state index contributed by atoms with van der Waals surface area (Å²) in [6.07, 6.45) is -4.28. The van der Waals surface area contributed by atoms with Gasteiger partial charge in [0.15, 0.2) is 12.6 Å². The number of nitrogens with two attached hydrogens (primary N) is 2. The largest absolute Gasteiger partial charge is 0.497 e. The molecule has 3 saturated heterocycles. The Kier molecular flexibility index (Phi) is 37.3. The summed E-state index contributed by atoms with van der Waals surface area (Å²) in [5.74, 6) is -3.04. The highest BCUT2D eigenvalue weighted by Crippen LogP contribution is 2.43. The summed E-state index contributed by atoms with van der Waals surface area (Å²) < 4.78 is 56.5. The number of nitrogens with one attached hydrogen (secondary N) is 4. The van der Waals surface area contributed by atoms with Gasteiger partial charge in [0.25, 0.3) is 0 Å². The first kappa shape index (κ1) is 86.0. The van der Waals surface area contributed by atoms with Gasteiger partial charge in [-0.3, -0.25) is 43.2 Å². The zero-order valence-electron chi connectivity index (χ0n) is 60.6. The zero-order valence-corrected chi connectivity index (χ0v) is 60.6. The molecule has 0 aromatic heterocycles. The van der Waals surface area contributed by atoms with Gasteiger partial charge in [0.2, 0.25) is 29.5 Å². The van der Waals surface area contributed by atoms with Crippen LogP contribution in [0, 0.1) is 0 Å². The molecule has 6 rings (SSSR count). The van der Waals surface area contributed by atoms with Gasteiger partial charge in [-0.05, 0) is 112 Å². The van der Waals surface area contributed by atoms with Gasteiger partial charge < -0.3 is 111 Å². The number of unbranched alkanes of at least 4 members (excludes halogenated alkanes) is 7. The molecule has 31 heteroatoms. The van der Waals surface area contributed by atoms with Crippen molar-refractivity contribution in [2.75, 3.05) is 73.4 Å². The molecular weight excluding hydrogens is 1370 g/mol. The molecule has 3 aromatic carbocycles. The van der Waals surface area contributed by atoms with Crippen LogP contribution in [-0.2, 0) is 86.6 Å². The lowest BCUT2D eigenvalue weighted by molar-refractivity contribution is -0.267. The number of amides is 5. The Morgan fingerprint density at radius 2 is 1.01 bits per heavy atom. The number of carbonyl (C=O) groups is 9. The molecule has 10 unspecified atom stereocenters. The van der Waals surface area contributed by atoms with Crippen molar-refractivity contribution in [3.8, 4) is 11.5 Å². The van der Waals surface area contributed by atoms with Crippen molar-refractivity contribution in [3.05, 3.63) is 95.6 Å². The van der Waals surface area contributed by atoms with Gasteiger partial charge in [-0.25, -0.2) is 0 Å². The maximum absolute atomic E-state index is 14.2. The number of aliphatic carboxylic acids is 1. The third-order valence-electron chi connectivity index (χ3n) is 18.4. The topological polar surface area (TPSA) is 450 Å². The molecule has 0 radical (unpaired) electrons. The minimum Gasteiger partial charge on any atom is -0.497 e. The second kappa shape index (κ2) is 45.5. The van der Waals surface area contributed by atoms with Crippen molar-refractivity contribution >= 4 is 53.4 Å². The number of carboxylic acids is 1. The average Bonchev–Trinajstić information content (AvgIpc) is 1.20. The summed E-state index contributed by atoms with van der Waals surface area (Å²) >= 11 is 0. The van der Waals surface area contributed by atoms with Crippen LogP contribution in [0.4, 0.5) is 0 Å². The number of hydrogen-bond donors (Lipinski definition) is 11. The van der Waals surface area contributed by atoms with Crippen LogP contribution in [0.2, 0.25) is 0 Å². The number of likely N-dealkylation sites (tertiary alicyclic amines) is 1. The lowest BCUT2D eigenvalue weighted by Crippen LogP contribution is -2.62. The van der Waals surface area contributed by atoms with E-state index < -0.39 is 127 Å². The van der Waals surface area contributed by atoms with Crippen molar-refractivity contribution < 1.29 is 116 Å². The number of methoxy groups -OCH3 is 2. The smallest absolute Gasteiger partial charge is 0.306 e. The average molecular weight is 1480 g/mol. The van der Waals surface area contributed by atoms with E-state index in [2.05, 4.69) is 21.3 Å². The minimum atomic E-state index is -1.42. The summed E-state index contributed by atoms with van der Waals surface area (Å²) in [5, 5.41) is 62.3. The Balaban J connectivity index is 0.927.